The lowest BCUT2D eigenvalue weighted by Crippen LogP contribution is -2.43. The van der Waals surface area contributed by atoms with Crippen LogP contribution in [0.15, 0.2) is 35.7 Å². The summed E-state index contributed by atoms with van der Waals surface area (Å²) in [6.45, 7) is 14.8. The summed E-state index contributed by atoms with van der Waals surface area (Å²) in [5, 5.41) is 19.4. The quantitative estimate of drug-likeness (QED) is 0.409. The third-order valence-electron chi connectivity index (χ3n) is 3.34. The predicted molar refractivity (Wildman–Crippen MR) is 87.3 cm³/mol. The van der Waals surface area contributed by atoms with Crippen molar-refractivity contribution in [1.82, 2.24) is 0 Å². The molecule has 0 aromatic heterocycles. The van der Waals surface area contributed by atoms with E-state index < -0.39 is 28.1 Å². The average Bonchev–Trinajstić information content (AvgIpc) is 2.23. The van der Waals surface area contributed by atoms with Gasteiger partial charge in [-0.05, 0) is 12.1 Å². The van der Waals surface area contributed by atoms with Crippen LogP contribution >= 0.6 is 0 Å². The Kier molecular flexibility index (Phi) is 6.37. The maximum atomic E-state index is 11.7. The van der Waals surface area contributed by atoms with Gasteiger partial charge in [-0.2, -0.15) is 0 Å². The molecule has 0 aromatic carbocycles. The third kappa shape index (κ3) is 4.31. The minimum Gasteiger partial charge on any atom is -0.478 e. The zero-order valence-electron chi connectivity index (χ0n) is 12.7. The molecule has 6 heteroatoms. The Bertz CT molecular complexity index is 420. The van der Waals surface area contributed by atoms with E-state index in [0.717, 1.165) is 0 Å². The Morgan fingerprint density at radius 3 is 1.25 bits per heavy atom. The average molecular weight is 313 g/mol. The van der Waals surface area contributed by atoms with Crippen molar-refractivity contribution in [3.8, 4) is 0 Å². The molecule has 0 rings (SSSR count). The molecule has 0 saturated heterocycles. The predicted octanol–water partition coefficient (Wildman–Crippen LogP) is 3.32. The largest absolute Gasteiger partial charge is 0.478 e. The van der Waals surface area contributed by atoms with Crippen LogP contribution in [0.4, 0.5) is 0 Å². The van der Waals surface area contributed by atoms with Crippen molar-refractivity contribution in [2.45, 2.75) is 38.3 Å². The minimum absolute atomic E-state index is 0.128. The van der Waals surface area contributed by atoms with Gasteiger partial charge in [0.1, 0.15) is 0 Å². The highest BCUT2D eigenvalue weighted by Gasteiger charge is 2.41. The molecule has 0 fully saturated rings. The number of allylic oxidation sites excluding steroid dienone is 2. The molecule has 0 spiro atoms. The van der Waals surface area contributed by atoms with Gasteiger partial charge in [-0.1, -0.05) is 38.3 Å². The van der Waals surface area contributed by atoms with E-state index in [0.29, 0.717) is 12.1 Å². The number of hydrogen-bond acceptors (Lipinski definition) is 2. The summed E-state index contributed by atoms with van der Waals surface area (Å²) in [5.41, 5.74) is 0. The number of carbonyl (C=O) groups is 2. The van der Waals surface area contributed by atoms with Gasteiger partial charge < -0.3 is 10.2 Å². The van der Waals surface area contributed by atoms with Crippen LogP contribution in [0.1, 0.15) is 0 Å². The summed E-state index contributed by atoms with van der Waals surface area (Å²) < 4.78 is 0. The Labute approximate surface area is 122 Å². The van der Waals surface area contributed by atoms with Crippen LogP contribution in [0.5, 0.6) is 0 Å². The summed E-state index contributed by atoms with van der Waals surface area (Å²) in [7, 11) is -4.76. The third-order valence-corrected chi connectivity index (χ3v) is 9.84. The Hall–Kier alpha value is -1.41. The lowest BCUT2D eigenvalue weighted by molar-refractivity contribution is -0.135. The van der Waals surface area contributed by atoms with E-state index in [1.165, 1.54) is 0 Å². The molecule has 4 nitrogen and oxygen atoms in total. The Morgan fingerprint density at radius 2 is 1.10 bits per heavy atom. The molecule has 0 atom stereocenters. The van der Waals surface area contributed by atoms with E-state index in [1.807, 2.05) is 26.2 Å². The maximum Gasteiger partial charge on any atom is 0.327 e. The first-order chi connectivity index (χ1) is 9.01. The lowest BCUT2D eigenvalue weighted by Gasteiger charge is -2.30. The molecular formula is C14H24O4Si2. The van der Waals surface area contributed by atoms with Crippen molar-refractivity contribution in [1.29, 1.82) is 0 Å². The molecule has 0 radical (unpaired) electrons. The molecular weight excluding hydrogens is 288 g/mol. The zero-order chi connectivity index (χ0) is 16.1. The van der Waals surface area contributed by atoms with E-state index in [9.17, 15) is 19.8 Å². The molecule has 0 saturated carbocycles. The maximum absolute atomic E-state index is 11.7. The molecule has 20 heavy (non-hydrogen) atoms. The lowest BCUT2D eigenvalue weighted by atomic mass is 10.5. The van der Waals surface area contributed by atoms with Crippen molar-refractivity contribution >= 4 is 28.1 Å². The summed E-state index contributed by atoms with van der Waals surface area (Å²) in [5.74, 6) is -2.21. The SMILES string of the molecule is C=CC[Si](C)(C)C(C(=O)O)=C(C(=O)O)[Si](C)(C)CC=C. The van der Waals surface area contributed by atoms with Crippen LogP contribution in [0, 0.1) is 0 Å². The van der Waals surface area contributed by atoms with Crippen LogP contribution in [-0.2, 0) is 9.59 Å². The first kappa shape index (κ1) is 18.6. The molecule has 0 aromatic rings. The van der Waals surface area contributed by atoms with E-state index in [-0.39, 0.29) is 10.4 Å². The summed E-state index contributed by atoms with van der Waals surface area (Å²) in [4.78, 5) is 23.4. The fraction of sp³-hybridized carbons (Fsp3) is 0.429. The number of carboxylic acid groups (broad SMARTS) is 2. The molecule has 0 aliphatic carbocycles. The van der Waals surface area contributed by atoms with Gasteiger partial charge in [-0.25, -0.2) is 9.59 Å². The van der Waals surface area contributed by atoms with E-state index in [1.54, 1.807) is 12.2 Å². The second-order valence-electron chi connectivity index (χ2n) is 6.11. The monoisotopic (exact) mass is 312 g/mol. The van der Waals surface area contributed by atoms with Crippen LogP contribution in [0.25, 0.3) is 0 Å². The van der Waals surface area contributed by atoms with E-state index in [4.69, 9.17) is 0 Å². The normalized spacial score (nSPS) is 13.4. The molecule has 0 unspecified atom stereocenters. The van der Waals surface area contributed by atoms with E-state index >= 15 is 0 Å². The van der Waals surface area contributed by atoms with Gasteiger partial charge in [0, 0.05) is 10.4 Å². The molecule has 0 amide bonds. The summed E-state index contributed by atoms with van der Waals surface area (Å²) in [6.07, 6.45) is 3.35. The van der Waals surface area contributed by atoms with Crippen molar-refractivity contribution in [2.24, 2.45) is 0 Å². The molecule has 2 N–H and O–H groups in total. The minimum atomic E-state index is -2.38. The fourth-order valence-corrected chi connectivity index (χ4v) is 9.00. The molecule has 0 aliphatic heterocycles. The number of aliphatic carboxylic acids is 2. The first-order valence-corrected chi connectivity index (χ1v) is 12.9. The van der Waals surface area contributed by atoms with Gasteiger partial charge in [0.2, 0.25) is 0 Å². The Morgan fingerprint density at radius 1 is 0.850 bits per heavy atom. The van der Waals surface area contributed by atoms with Gasteiger partial charge in [-0.15, -0.1) is 13.2 Å². The molecule has 112 valence electrons. The van der Waals surface area contributed by atoms with Gasteiger partial charge in [-0.3, -0.25) is 0 Å². The highest BCUT2D eigenvalue weighted by Crippen LogP contribution is 2.31. The number of rotatable bonds is 8. The highest BCUT2D eigenvalue weighted by molar-refractivity contribution is 6.95. The topological polar surface area (TPSA) is 74.6 Å². The second-order valence-corrected chi connectivity index (χ2v) is 15.5. The highest BCUT2D eigenvalue weighted by atomic mass is 28.3. The fourth-order valence-electron chi connectivity index (χ4n) is 2.40. The summed E-state index contributed by atoms with van der Waals surface area (Å²) >= 11 is 0. The van der Waals surface area contributed by atoms with Crippen molar-refractivity contribution in [3.63, 3.8) is 0 Å². The van der Waals surface area contributed by atoms with Crippen LogP contribution < -0.4 is 0 Å². The van der Waals surface area contributed by atoms with Gasteiger partial charge in [0.15, 0.2) is 0 Å². The smallest absolute Gasteiger partial charge is 0.327 e. The van der Waals surface area contributed by atoms with E-state index in [2.05, 4.69) is 13.2 Å². The van der Waals surface area contributed by atoms with Crippen molar-refractivity contribution in [3.05, 3.63) is 35.7 Å². The van der Waals surface area contributed by atoms with Crippen LogP contribution in [-0.4, -0.2) is 38.3 Å². The summed E-state index contributed by atoms with van der Waals surface area (Å²) in [6, 6.07) is 1.09. The molecule has 0 heterocycles. The molecule has 0 aliphatic rings. The van der Waals surface area contributed by atoms with Crippen molar-refractivity contribution < 1.29 is 19.8 Å². The van der Waals surface area contributed by atoms with Crippen LogP contribution in [0.3, 0.4) is 0 Å². The Balaban J connectivity index is 6.36. The standard InChI is InChI=1S/C14H24O4Si2/c1-7-9-19(3,4)11(13(15)16)12(14(17)18)20(5,6)10-8-2/h7-8H,1-2,9-10H2,3-6H3,(H,15,16)(H,17,18). The second kappa shape index (κ2) is 6.85. The van der Waals surface area contributed by atoms with Crippen LogP contribution in [0.2, 0.25) is 38.3 Å². The zero-order valence-corrected chi connectivity index (χ0v) is 14.7. The number of hydrogen-bond donors (Lipinski definition) is 2. The first-order valence-electron chi connectivity index (χ1n) is 6.45. The molecule has 0 bridgehead atoms. The van der Waals surface area contributed by atoms with Gasteiger partial charge in [0.05, 0.1) is 16.1 Å². The van der Waals surface area contributed by atoms with Gasteiger partial charge >= 0.3 is 11.9 Å². The van der Waals surface area contributed by atoms with Gasteiger partial charge in [0.25, 0.3) is 0 Å². The van der Waals surface area contributed by atoms with Crippen molar-refractivity contribution in [2.75, 3.05) is 0 Å². The number of carboxylic acids is 2.